The summed E-state index contributed by atoms with van der Waals surface area (Å²) >= 11 is 5.72. The maximum atomic E-state index is 13.4. The Bertz CT molecular complexity index is 452. The van der Waals surface area contributed by atoms with Gasteiger partial charge in [-0.2, -0.15) is 0 Å². The van der Waals surface area contributed by atoms with Gasteiger partial charge in [-0.3, -0.25) is 4.90 Å². The molecule has 2 nitrogen and oxygen atoms in total. The molecule has 19 heavy (non-hydrogen) atoms. The van der Waals surface area contributed by atoms with Gasteiger partial charge in [-0.25, -0.2) is 4.39 Å². The Morgan fingerprint density at radius 3 is 3.11 bits per heavy atom. The maximum absolute atomic E-state index is 13.4. The Morgan fingerprint density at radius 1 is 1.37 bits per heavy atom. The zero-order valence-electron chi connectivity index (χ0n) is 11.0. The van der Waals surface area contributed by atoms with Gasteiger partial charge in [0.05, 0.1) is 5.02 Å². The molecule has 0 bridgehead atoms. The molecule has 0 spiro atoms. The fourth-order valence-corrected chi connectivity index (χ4v) is 3.48. The van der Waals surface area contributed by atoms with Crippen LogP contribution < -0.4 is 5.32 Å². The second-order valence-electron chi connectivity index (χ2n) is 5.74. The fraction of sp³-hybridized carbons (Fsp3) is 0.600. The van der Waals surface area contributed by atoms with E-state index >= 15 is 0 Å². The third kappa shape index (κ3) is 3.10. The van der Waals surface area contributed by atoms with Crippen LogP contribution in [-0.4, -0.2) is 30.6 Å². The summed E-state index contributed by atoms with van der Waals surface area (Å²) in [7, 11) is 0. The zero-order chi connectivity index (χ0) is 13.2. The normalized spacial score (nSPS) is 28.1. The van der Waals surface area contributed by atoms with Crippen molar-refractivity contribution in [1.82, 2.24) is 10.2 Å². The maximum Gasteiger partial charge on any atom is 0.142 e. The van der Waals surface area contributed by atoms with E-state index in [1.807, 2.05) is 6.07 Å². The van der Waals surface area contributed by atoms with Gasteiger partial charge in [-0.1, -0.05) is 17.7 Å². The summed E-state index contributed by atoms with van der Waals surface area (Å²) in [4.78, 5) is 2.44. The molecule has 2 atom stereocenters. The van der Waals surface area contributed by atoms with E-state index in [9.17, 15) is 4.39 Å². The first-order valence-electron chi connectivity index (χ1n) is 7.12. The van der Waals surface area contributed by atoms with Crippen LogP contribution in [0.5, 0.6) is 0 Å². The number of halogens is 2. The molecule has 0 aliphatic carbocycles. The summed E-state index contributed by atoms with van der Waals surface area (Å²) < 4.78 is 13.4. The van der Waals surface area contributed by atoms with E-state index in [-0.39, 0.29) is 10.8 Å². The number of likely N-dealkylation sites (tertiary alicyclic amines) is 1. The van der Waals surface area contributed by atoms with E-state index in [1.54, 1.807) is 12.1 Å². The standard InChI is InChI=1S/C15H20ClFN2/c16-13-4-3-11(8-14(13)17)9-19-7-5-15-12(10-19)2-1-6-18-15/h3-4,8,12,15,18H,1-2,5-7,9-10H2. The Labute approximate surface area is 118 Å². The first-order chi connectivity index (χ1) is 9.22. The van der Waals surface area contributed by atoms with Crippen LogP contribution in [0.4, 0.5) is 4.39 Å². The first-order valence-corrected chi connectivity index (χ1v) is 7.50. The molecule has 2 unspecified atom stereocenters. The lowest BCUT2D eigenvalue weighted by Gasteiger charge is -2.41. The molecule has 1 aromatic rings. The minimum Gasteiger partial charge on any atom is -0.314 e. The van der Waals surface area contributed by atoms with Gasteiger partial charge in [-0.15, -0.1) is 0 Å². The van der Waals surface area contributed by atoms with E-state index in [1.165, 1.54) is 25.8 Å². The van der Waals surface area contributed by atoms with Crippen molar-refractivity contribution in [3.8, 4) is 0 Å². The Kier molecular flexibility index (Phi) is 4.06. The van der Waals surface area contributed by atoms with Crippen molar-refractivity contribution < 1.29 is 4.39 Å². The Morgan fingerprint density at radius 2 is 2.26 bits per heavy atom. The molecule has 2 heterocycles. The Hall–Kier alpha value is -0.640. The lowest BCUT2D eigenvalue weighted by Crippen LogP contribution is -2.51. The Balaban J connectivity index is 1.62. The van der Waals surface area contributed by atoms with Crippen LogP contribution in [0.25, 0.3) is 0 Å². The lowest BCUT2D eigenvalue weighted by molar-refractivity contribution is 0.109. The molecule has 0 radical (unpaired) electrons. The smallest absolute Gasteiger partial charge is 0.142 e. The van der Waals surface area contributed by atoms with Crippen molar-refractivity contribution in [3.63, 3.8) is 0 Å². The summed E-state index contributed by atoms with van der Waals surface area (Å²) in [5, 5.41) is 3.83. The quantitative estimate of drug-likeness (QED) is 0.897. The van der Waals surface area contributed by atoms with Gasteiger partial charge in [0.15, 0.2) is 0 Å². The van der Waals surface area contributed by atoms with Gasteiger partial charge < -0.3 is 5.32 Å². The number of hydrogen-bond donors (Lipinski definition) is 1. The van der Waals surface area contributed by atoms with Crippen molar-refractivity contribution in [2.45, 2.75) is 31.8 Å². The highest BCUT2D eigenvalue weighted by atomic mass is 35.5. The van der Waals surface area contributed by atoms with E-state index < -0.39 is 0 Å². The topological polar surface area (TPSA) is 15.3 Å². The van der Waals surface area contributed by atoms with E-state index in [0.717, 1.165) is 31.1 Å². The van der Waals surface area contributed by atoms with Crippen LogP contribution in [0.3, 0.4) is 0 Å². The van der Waals surface area contributed by atoms with Crippen LogP contribution in [-0.2, 0) is 6.54 Å². The van der Waals surface area contributed by atoms with Gasteiger partial charge in [0.25, 0.3) is 0 Å². The van der Waals surface area contributed by atoms with Crippen molar-refractivity contribution in [2.24, 2.45) is 5.92 Å². The molecule has 0 saturated carbocycles. The minimum atomic E-state index is -0.312. The van der Waals surface area contributed by atoms with Crippen LogP contribution in [0.1, 0.15) is 24.8 Å². The molecule has 1 aromatic carbocycles. The number of nitrogens with zero attached hydrogens (tertiary/aromatic N) is 1. The third-order valence-corrected chi connectivity index (χ3v) is 4.67. The number of nitrogens with one attached hydrogen (secondary N) is 1. The highest BCUT2D eigenvalue weighted by Gasteiger charge is 2.30. The third-order valence-electron chi connectivity index (χ3n) is 4.37. The van der Waals surface area contributed by atoms with Crippen molar-refractivity contribution in [2.75, 3.05) is 19.6 Å². The molecule has 104 valence electrons. The summed E-state index contributed by atoms with van der Waals surface area (Å²) in [5.74, 6) is 0.452. The second kappa shape index (κ2) is 5.78. The lowest BCUT2D eigenvalue weighted by atomic mass is 9.85. The molecule has 4 heteroatoms. The van der Waals surface area contributed by atoms with Crippen molar-refractivity contribution >= 4 is 11.6 Å². The molecule has 2 fully saturated rings. The van der Waals surface area contributed by atoms with Crippen LogP contribution in [0, 0.1) is 11.7 Å². The van der Waals surface area contributed by atoms with Gasteiger partial charge in [0.1, 0.15) is 5.82 Å². The molecule has 0 amide bonds. The zero-order valence-corrected chi connectivity index (χ0v) is 11.8. The fourth-order valence-electron chi connectivity index (χ4n) is 3.36. The predicted molar refractivity (Wildman–Crippen MR) is 75.8 cm³/mol. The van der Waals surface area contributed by atoms with Crippen LogP contribution in [0.15, 0.2) is 18.2 Å². The van der Waals surface area contributed by atoms with Crippen molar-refractivity contribution in [3.05, 3.63) is 34.6 Å². The SMILES string of the molecule is Fc1cc(CN2CCC3NCCCC3C2)ccc1Cl. The average Bonchev–Trinajstić information content (AvgIpc) is 2.43. The predicted octanol–water partition coefficient (Wildman–Crippen LogP) is 3.05. The summed E-state index contributed by atoms with van der Waals surface area (Å²) in [5.41, 5.74) is 1.02. The molecule has 3 rings (SSSR count). The highest BCUT2D eigenvalue weighted by molar-refractivity contribution is 6.30. The van der Waals surface area contributed by atoms with Gasteiger partial charge in [-0.05, 0) is 56.0 Å². The molecule has 0 aromatic heterocycles. The summed E-state index contributed by atoms with van der Waals surface area (Å²) in [6.45, 7) is 4.22. The minimum absolute atomic E-state index is 0.207. The van der Waals surface area contributed by atoms with E-state index in [2.05, 4.69) is 10.2 Å². The highest BCUT2D eigenvalue weighted by Crippen LogP contribution is 2.26. The van der Waals surface area contributed by atoms with E-state index in [4.69, 9.17) is 11.6 Å². The molecule has 2 aliphatic heterocycles. The first kappa shape index (κ1) is 13.3. The van der Waals surface area contributed by atoms with Crippen LogP contribution >= 0.6 is 11.6 Å². The number of hydrogen-bond acceptors (Lipinski definition) is 2. The molecular formula is C15H20ClFN2. The average molecular weight is 283 g/mol. The number of piperidine rings is 2. The van der Waals surface area contributed by atoms with Crippen LogP contribution in [0.2, 0.25) is 5.02 Å². The van der Waals surface area contributed by atoms with Gasteiger partial charge in [0.2, 0.25) is 0 Å². The van der Waals surface area contributed by atoms with Crippen molar-refractivity contribution in [1.29, 1.82) is 0 Å². The number of rotatable bonds is 2. The summed E-state index contributed by atoms with van der Waals surface area (Å²) in [6.07, 6.45) is 3.81. The molecule has 2 saturated heterocycles. The number of fused-ring (bicyclic) bond motifs is 1. The number of benzene rings is 1. The van der Waals surface area contributed by atoms with Gasteiger partial charge >= 0.3 is 0 Å². The molecule has 1 N–H and O–H groups in total. The molecular weight excluding hydrogens is 263 g/mol. The van der Waals surface area contributed by atoms with E-state index in [0.29, 0.717) is 6.04 Å². The second-order valence-corrected chi connectivity index (χ2v) is 6.14. The molecule has 2 aliphatic rings. The largest absolute Gasteiger partial charge is 0.314 e. The monoisotopic (exact) mass is 282 g/mol. The van der Waals surface area contributed by atoms with Gasteiger partial charge in [0, 0.05) is 19.1 Å². The summed E-state index contributed by atoms with van der Waals surface area (Å²) in [6, 6.07) is 5.85.